The molecule has 3 aromatic rings. The summed E-state index contributed by atoms with van der Waals surface area (Å²) >= 11 is 6.25. The van der Waals surface area contributed by atoms with E-state index >= 15 is 0 Å². The van der Waals surface area contributed by atoms with Crippen LogP contribution in [0, 0.1) is 13.8 Å². The van der Waals surface area contributed by atoms with Gasteiger partial charge in [-0.3, -0.25) is 9.52 Å². The van der Waals surface area contributed by atoms with Crippen molar-refractivity contribution in [3.63, 3.8) is 0 Å². The summed E-state index contributed by atoms with van der Waals surface area (Å²) in [5.74, 6) is -0.367. The zero-order valence-corrected chi connectivity index (χ0v) is 19.2. The summed E-state index contributed by atoms with van der Waals surface area (Å²) in [6.07, 6.45) is 0.701. The predicted octanol–water partition coefficient (Wildman–Crippen LogP) is 5.64. The smallest absolute Gasteiger partial charge is 0.261 e. The first kappa shape index (κ1) is 22.8. The van der Waals surface area contributed by atoms with Gasteiger partial charge in [0.25, 0.3) is 15.9 Å². The molecule has 31 heavy (non-hydrogen) atoms. The highest BCUT2D eigenvalue weighted by Crippen LogP contribution is 2.25. The van der Waals surface area contributed by atoms with Gasteiger partial charge in [0, 0.05) is 5.69 Å². The molecule has 0 aromatic heterocycles. The van der Waals surface area contributed by atoms with Crippen molar-refractivity contribution in [3.05, 3.63) is 94.0 Å². The molecule has 0 spiro atoms. The Morgan fingerprint density at radius 2 is 1.52 bits per heavy atom. The number of hydrogen-bond donors (Lipinski definition) is 2. The molecule has 3 rings (SSSR count). The van der Waals surface area contributed by atoms with Crippen LogP contribution < -0.4 is 10.0 Å². The fourth-order valence-corrected chi connectivity index (χ4v) is 4.40. The molecule has 0 unspecified atom stereocenters. The summed E-state index contributed by atoms with van der Waals surface area (Å²) in [6, 6.07) is 18.8. The lowest BCUT2D eigenvalue weighted by atomic mass is 10.0. The maximum absolute atomic E-state index is 12.9. The molecule has 0 radical (unpaired) electrons. The number of benzene rings is 3. The molecule has 1 atom stereocenters. The fraction of sp³-hybridized carbons (Fsp3) is 0.208. The number of halogens is 1. The maximum atomic E-state index is 12.9. The van der Waals surface area contributed by atoms with Gasteiger partial charge in [0.1, 0.15) is 0 Å². The molecule has 0 bridgehead atoms. The second-order valence-electron chi connectivity index (χ2n) is 7.46. The number of amides is 1. The van der Waals surface area contributed by atoms with E-state index in [4.69, 9.17) is 11.6 Å². The van der Waals surface area contributed by atoms with Crippen molar-refractivity contribution in [3.8, 4) is 0 Å². The Balaban J connectivity index is 1.82. The van der Waals surface area contributed by atoms with Crippen LogP contribution in [0.15, 0.2) is 71.6 Å². The Labute approximate surface area is 188 Å². The first-order valence-electron chi connectivity index (χ1n) is 9.96. The van der Waals surface area contributed by atoms with Gasteiger partial charge in [-0.05, 0) is 56.2 Å². The molecule has 1 amide bonds. The molecule has 0 aliphatic heterocycles. The first-order chi connectivity index (χ1) is 14.7. The Morgan fingerprint density at radius 3 is 2.10 bits per heavy atom. The third-order valence-electron chi connectivity index (χ3n) is 4.99. The molecule has 162 valence electrons. The minimum Gasteiger partial charge on any atom is -0.345 e. The number of sulfonamides is 1. The monoisotopic (exact) mass is 456 g/mol. The van der Waals surface area contributed by atoms with Gasteiger partial charge in [-0.25, -0.2) is 8.42 Å². The number of carbonyl (C=O) groups excluding carboxylic acids is 1. The van der Waals surface area contributed by atoms with E-state index in [-0.39, 0.29) is 33.1 Å². The Morgan fingerprint density at radius 1 is 0.935 bits per heavy atom. The lowest BCUT2D eigenvalue weighted by Gasteiger charge is -2.19. The van der Waals surface area contributed by atoms with Gasteiger partial charge in [-0.15, -0.1) is 0 Å². The molecule has 3 aromatic carbocycles. The van der Waals surface area contributed by atoms with Crippen molar-refractivity contribution in [2.24, 2.45) is 0 Å². The highest BCUT2D eigenvalue weighted by atomic mass is 35.5. The van der Waals surface area contributed by atoms with Crippen LogP contribution in [0.25, 0.3) is 0 Å². The average molecular weight is 457 g/mol. The van der Waals surface area contributed by atoms with Crippen molar-refractivity contribution >= 4 is 33.2 Å². The van der Waals surface area contributed by atoms with E-state index in [1.54, 1.807) is 12.1 Å². The molecule has 5 nitrogen and oxygen atoms in total. The van der Waals surface area contributed by atoms with Crippen molar-refractivity contribution in [2.75, 3.05) is 4.72 Å². The van der Waals surface area contributed by atoms with E-state index in [0.717, 1.165) is 16.7 Å². The van der Waals surface area contributed by atoms with E-state index in [2.05, 4.69) is 10.0 Å². The van der Waals surface area contributed by atoms with Crippen LogP contribution in [0.3, 0.4) is 0 Å². The van der Waals surface area contributed by atoms with Crippen LogP contribution in [0.5, 0.6) is 0 Å². The predicted molar refractivity (Wildman–Crippen MR) is 125 cm³/mol. The van der Waals surface area contributed by atoms with E-state index in [1.807, 2.05) is 45.0 Å². The zero-order valence-electron chi connectivity index (χ0n) is 17.6. The molecule has 0 aliphatic rings. The number of aryl methyl sites for hydroxylation is 2. The third-order valence-corrected chi connectivity index (χ3v) is 6.71. The summed E-state index contributed by atoms with van der Waals surface area (Å²) in [5.41, 5.74) is 3.56. The second kappa shape index (κ2) is 9.54. The Bertz CT molecular complexity index is 1170. The largest absolute Gasteiger partial charge is 0.345 e. The topological polar surface area (TPSA) is 75.3 Å². The number of carbonyl (C=O) groups is 1. The number of nitrogens with one attached hydrogen (secondary N) is 2. The standard InChI is InChI=1S/C24H25ClN2O3S/c1-4-23(18-9-5-16(2)6-10-18)26-24(28)21-15-19(11-14-22(21)25)27-31(29,30)20-12-7-17(3)8-13-20/h5-15,23,27H,4H2,1-3H3,(H,26,28)/t23-/m0/s1. The highest BCUT2D eigenvalue weighted by molar-refractivity contribution is 7.92. The van der Waals surface area contributed by atoms with E-state index in [1.165, 1.54) is 30.3 Å². The molecule has 0 saturated carbocycles. The van der Waals surface area contributed by atoms with Gasteiger partial charge in [-0.2, -0.15) is 0 Å². The highest BCUT2D eigenvalue weighted by Gasteiger charge is 2.19. The molecule has 0 saturated heterocycles. The summed E-state index contributed by atoms with van der Waals surface area (Å²) < 4.78 is 27.9. The van der Waals surface area contributed by atoms with Gasteiger partial charge in [-0.1, -0.05) is 66.0 Å². The third kappa shape index (κ3) is 5.66. The van der Waals surface area contributed by atoms with Crippen LogP contribution in [0.1, 0.15) is 46.4 Å². The van der Waals surface area contributed by atoms with E-state index < -0.39 is 10.0 Å². The van der Waals surface area contributed by atoms with E-state index in [0.29, 0.717) is 6.42 Å². The number of hydrogen-bond acceptors (Lipinski definition) is 3. The minimum atomic E-state index is -3.78. The van der Waals surface area contributed by atoms with Gasteiger partial charge >= 0.3 is 0 Å². The van der Waals surface area contributed by atoms with Crippen molar-refractivity contribution in [1.29, 1.82) is 0 Å². The molecule has 0 fully saturated rings. The molecule has 0 heterocycles. The van der Waals surface area contributed by atoms with E-state index in [9.17, 15) is 13.2 Å². The normalized spacial score (nSPS) is 12.3. The fourth-order valence-electron chi connectivity index (χ4n) is 3.15. The van der Waals surface area contributed by atoms with Crippen LogP contribution >= 0.6 is 11.6 Å². The van der Waals surface area contributed by atoms with Crippen molar-refractivity contribution in [1.82, 2.24) is 5.32 Å². The summed E-state index contributed by atoms with van der Waals surface area (Å²) in [5, 5.41) is 3.23. The van der Waals surface area contributed by atoms with Crippen LogP contribution in [0.4, 0.5) is 5.69 Å². The second-order valence-corrected chi connectivity index (χ2v) is 9.55. The number of rotatable bonds is 7. The van der Waals surface area contributed by atoms with Crippen molar-refractivity contribution < 1.29 is 13.2 Å². The van der Waals surface area contributed by atoms with Gasteiger partial charge < -0.3 is 5.32 Å². The van der Waals surface area contributed by atoms with Crippen LogP contribution in [-0.2, 0) is 10.0 Å². The SMILES string of the molecule is CC[C@H](NC(=O)c1cc(NS(=O)(=O)c2ccc(C)cc2)ccc1Cl)c1ccc(C)cc1. The molecule has 7 heteroatoms. The van der Waals surface area contributed by atoms with Gasteiger partial charge in [0.15, 0.2) is 0 Å². The van der Waals surface area contributed by atoms with Gasteiger partial charge in [0.05, 0.1) is 21.5 Å². The van der Waals surface area contributed by atoms with Crippen molar-refractivity contribution in [2.45, 2.75) is 38.1 Å². The molecular weight excluding hydrogens is 432 g/mol. The first-order valence-corrected chi connectivity index (χ1v) is 11.8. The lowest BCUT2D eigenvalue weighted by Crippen LogP contribution is -2.28. The van der Waals surface area contributed by atoms with Crippen LogP contribution in [-0.4, -0.2) is 14.3 Å². The molecular formula is C24H25ClN2O3S. The van der Waals surface area contributed by atoms with Gasteiger partial charge in [0.2, 0.25) is 0 Å². The summed E-state index contributed by atoms with van der Waals surface area (Å²) in [4.78, 5) is 13.1. The maximum Gasteiger partial charge on any atom is 0.261 e. The Kier molecular flexibility index (Phi) is 7.03. The van der Waals surface area contributed by atoms with Crippen LogP contribution in [0.2, 0.25) is 5.02 Å². The molecule has 0 aliphatic carbocycles. The average Bonchev–Trinajstić information content (AvgIpc) is 2.74. The number of anilines is 1. The zero-order chi connectivity index (χ0) is 22.6. The molecule has 2 N–H and O–H groups in total. The summed E-state index contributed by atoms with van der Waals surface area (Å²) in [7, 11) is -3.78. The lowest BCUT2D eigenvalue weighted by molar-refractivity contribution is 0.0935. The quantitative estimate of drug-likeness (QED) is 0.483. The Hall–Kier alpha value is -2.83. The minimum absolute atomic E-state index is 0.143. The summed E-state index contributed by atoms with van der Waals surface area (Å²) in [6.45, 7) is 5.87.